The van der Waals surface area contributed by atoms with E-state index in [9.17, 15) is 4.79 Å². The summed E-state index contributed by atoms with van der Waals surface area (Å²) in [5.74, 6) is 0.774. The molecular weight excluding hydrogens is 314 g/mol. The molecule has 1 aliphatic carbocycles. The van der Waals surface area contributed by atoms with Gasteiger partial charge < -0.3 is 15.4 Å². The first kappa shape index (κ1) is 18.2. The summed E-state index contributed by atoms with van der Waals surface area (Å²) in [4.78, 5) is 14.5. The van der Waals surface area contributed by atoms with Crippen LogP contribution in [0, 0.1) is 5.92 Å². The number of ether oxygens (including phenoxy) is 1. The topological polar surface area (TPSA) is 53.6 Å². The van der Waals surface area contributed by atoms with Crippen LogP contribution in [0.1, 0.15) is 37.7 Å². The molecule has 0 aromatic heterocycles. The minimum atomic E-state index is -0.0831. The number of nitrogens with one attached hydrogen (secondary N) is 2. The number of carbonyl (C=O) groups excluding carboxylic acids is 1. The number of hydrogen-bond acceptors (Lipinski definition) is 3. The van der Waals surface area contributed by atoms with E-state index in [1.165, 1.54) is 31.2 Å². The normalized spacial score (nSPS) is 21.0. The highest BCUT2D eigenvalue weighted by molar-refractivity contribution is 5.73. The van der Waals surface area contributed by atoms with E-state index in [1.54, 1.807) is 0 Å². The Balaban J connectivity index is 1.33. The fraction of sp³-hybridized carbons (Fsp3) is 0.650. The van der Waals surface area contributed by atoms with E-state index in [-0.39, 0.29) is 6.03 Å². The van der Waals surface area contributed by atoms with Gasteiger partial charge in [0.05, 0.1) is 6.61 Å². The molecule has 0 bridgehead atoms. The molecule has 1 atom stereocenters. The molecule has 1 unspecified atom stereocenters. The van der Waals surface area contributed by atoms with Crippen LogP contribution in [0.5, 0.6) is 0 Å². The zero-order valence-corrected chi connectivity index (χ0v) is 15.1. The van der Waals surface area contributed by atoms with Crippen LogP contribution >= 0.6 is 0 Å². The molecule has 3 rings (SSSR count). The van der Waals surface area contributed by atoms with Crippen LogP contribution in [-0.4, -0.2) is 49.8 Å². The molecule has 0 radical (unpaired) electrons. The van der Waals surface area contributed by atoms with E-state index in [0.29, 0.717) is 25.7 Å². The number of amides is 2. The van der Waals surface area contributed by atoms with Crippen molar-refractivity contribution in [1.29, 1.82) is 0 Å². The van der Waals surface area contributed by atoms with Crippen molar-refractivity contribution in [2.45, 2.75) is 44.7 Å². The number of rotatable bonds is 9. The lowest BCUT2D eigenvalue weighted by Gasteiger charge is -2.35. The summed E-state index contributed by atoms with van der Waals surface area (Å²) in [6.07, 6.45) is 6.24. The molecule has 1 saturated heterocycles. The first-order valence-electron chi connectivity index (χ1n) is 9.68. The number of piperidine rings is 1. The second-order valence-corrected chi connectivity index (χ2v) is 7.26. The summed E-state index contributed by atoms with van der Waals surface area (Å²) < 4.78 is 5.54. The molecule has 2 fully saturated rings. The third kappa shape index (κ3) is 6.67. The van der Waals surface area contributed by atoms with E-state index < -0.39 is 0 Å². The molecule has 0 spiro atoms. The van der Waals surface area contributed by atoms with Crippen LogP contribution in [0.3, 0.4) is 0 Å². The lowest BCUT2D eigenvalue weighted by Crippen LogP contribution is -2.48. The van der Waals surface area contributed by atoms with Crippen molar-refractivity contribution in [1.82, 2.24) is 15.5 Å². The van der Waals surface area contributed by atoms with Crippen molar-refractivity contribution >= 4 is 6.03 Å². The standard InChI is InChI=1S/C20H31N3O2/c24-20(21-11-13-25-16-18-9-10-18)22-14-19-8-4-5-12-23(19)15-17-6-2-1-3-7-17/h1-3,6-7,18-19H,4-5,8-16H2,(H2,21,22,24). The second kappa shape index (κ2) is 9.78. The largest absolute Gasteiger partial charge is 0.379 e. The molecule has 2 N–H and O–H groups in total. The van der Waals surface area contributed by atoms with Gasteiger partial charge in [0.1, 0.15) is 0 Å². The maximum atomic E-state index is 12.0. The van der Waals surface area contributed by atoms with Gasteiger partial charge in [-0.25, -0.2) is 4.79 Å². The van der Waals surface area contributed by atoms with E-state index >= 15 is 0 Å². The summed E-state index contributed by atoms with van der Waals surface area (Å²) >= 11 is 0. The minimum Gasteiger partial charge on any atom is -0.379 e. The first-order chi connectivity index (χ1) is 12.3. The molecule has 25 heavy (non-hydrogen) atoms. The average Bonchev–Trinajstić information content (AvgIpc) is 3.46. The lowest BCUT2D eigenvalue weighted by atomic mass is 10.0. The highest BCUT2D eigenvalue weighted by atomic mass is 16.5. The van der Waals surface area contributed by atoms with Gasteiger partial charge in [-0.05, 0) is 43.7 Å². The predicted octanol–water partition coefficient (Wildman–Crippen LogP) is 2.77. The van der Waals surface area contributed by atoms with Crippen molar-refractivity contribution < 1.29 is 9.53 Å². The van der Waals surface area contributed by atoms with Crippen LogP contribution in [0.2, 0.25) is 0 Å². The van der Waals surface area contributed by atoms with Gasteiger partial charge in [-0.15, -0.1) is 0 Å². The summed E-state index contributed by atoms with van der Waals surface area (Å²) in [6.45, 7) is 4.81. The Kier molecular flexibility index (Phi) is 7.12. The number of likely N-dealkylation sites (tertiary alicyclic amines) is 1. The number of hydrogen-bond donors (Lipinski definition) is 2. The SMILES string of the molecule is O=C(NCCOCC1CC1)NCC1CCCCN1Cc1ccccc1. The Bertz CT molecular complexity index is 519. The quantitative estimate of drug-likeness (QED) is 0.677. The lowest BCUT2D eigenvalue weighted by molar-refractivity contribution is 0.125. The Morgan fingerprint density at radius 2 is 1.96 bits per heavy atom. The van der Waals surface area contributed by atoms with E-state index in [4.69, 9.17) is 4.74 Å². The minimum absolute atomic E-state index is 0.0831. The Hall–Kier alpha value is -1.59. The predicted molar refractivity (Wildman–Crippen MR) is 99.4 cm³/mol. The second-order valence-electron chi connectivity index (χ2n) is 7.26. The van der Waals surface area contributed by atoms with Crippen LogP contribution in [0.4, 0.5) is 4.79 Å². The van der Waals surface area contributed by atoms with E-state index in [2.05, 4.69) is 45.9 Å². The zero-order chi connectivity index (χ0) is 17.3. The third-order valence-corrected chi connectivity index (χ3v) is 5.06. The van der Waals surface area contributed by atoms with E-state index in [0.717, 1.165) is 32.0 Å². The molecule has 2 aliphatic rings. The highest BCUT2D eigenvalue weighted by Gasteiger charge is 2.23. The Labute approximate surface area is 151 Å². The van der Waals surface area contributed by atoms with Crippen molar-refractivity contribution in [3.05, 3.63) is 35.9 Å². The zero-order valence-electron chi connectivity index (χ0n) is 15.1. The third-order valence-electron chi connectivity index (χ3n) is 5.06. The number of urea groups is 1. The molecule has 1 aromatic rings. The average molecular weight is 345 g/mol. The van der Waals surface area contributed by atoms with Crippen molar-refractivity contribution in [2.24, 2.45) is 5.92 Å². The number of benzene rings is 1. The number of carbonyl (C=O) groups is 1. The van der Waals surface area contributed by atoms with Crippen LogP contribution in [0.25, 0.3) is 0 Å². The fourth-order valence-electron chi connectivity index (χ4n) is 3.36. The fourth-order valence-corrected chi connectivity index (χ4v) is 3.36. The van der Waals surface area contributed by atoms with Gasteiger partial charge in [0.2, 0.25) is 0 Å². The molecule has 138 valence electrons. The smallest absolute Gasteiger partial charge is 0.314 e. The van der Waals surface area contributed by atoms with Crippen LogP contribution < -0.4 is 10.6 Å². The summed E-state index contributed by atoms with van der Waals surface area (Å²) in [6, 6.07) is 10.9. The van der Waals surface area contributed by atoms with Gasteiger partial charge in [-0.2, -0.15) is 0 Å². The maximum absolute atomic E-state index is 12.0. The van der Waals surface area contributed by atoms with Crippen molar-refractivity contribution in [3.63, 3.8) is 0 Å². The van der Waals surface area contributed by atoms with Gasteiger partial charge in [0.15, 0.2) is 0 Å². The van der Waals surface area contributed by atoms with Gasteiger partial charge in [0.25, 0.3) is 0 Å². The van der Waals surface area contributed by atoms with Crippen LogP contribution in [0.15, 0.2) is 30.3 Å². The molecule has 2 amide bonds. The molecule has 1 aromatic carbocycles. The molecule has 1 saturated carbocycles. The Morgan fingerprint density at radius 1 is 1.12 bits per heavy atom. The van der Waals surface area contributed by atoms with Crippen molar-refractivity contribution in [2.75, 3.05) is 32.8 Å². The summed E-state index contributed by atoms with van der Waals surface area (Å²) in [5, 5.41) is 5.92. The molecular formula is C20H31N3O2. The molecule has 1 aliphatic heterocycles. The molecule has 5 nitrogen and oxygen atoms in total. The monoisotopic (exact) mass is 345 g/mol. The highest BCUT2D eigenvalue weighted by Crippen LogP contribution is 2.28. The van der Waals surface area contributed by atoms with E-state index in [1.807, 2.05) is 0 Å². The van der Waals surface area contributed by atoms with Gasteiger partial charge in [-0.1, -0.05) is 36.8 Å². The summed E-state index contributed by atoms with van der Waals surface area (Å²) in [7, 11) is 0. The molecule has 5 heteroatoms. The summed E-state index contributed by atoms with van der Waals surface area (Å²) in [5.41, 5.74) is 1.34. The van der Waals surface area contributed by atoms with Gasteiger partial charge in [-0.3, -0.25) is 4.90 Å². The van der Waals surface area contributed by atoms with Crippen LogP contribution in [-0.2, 0) is 11.3 Å². The Morgan fingerprint density at radius 3 is 2.76 bits per heavy atom. The first-order valence-corrected chi connectivity index (χ1v) is 9.68. The number of nitrogens with zero attached hydrogens (tertiary/aromatic N) is 1. The van der Waals surface area contributed by atoms with Crippen molar-refractivity contribution in [3.8, 4) is 0 Å². The van der Waals surface area contributed by atoms with Gasteiger partial charge >= 0.3 is 6.03 Å². The molecule has 1 heterocycles. The maximum Gasteiger partial charge on any atom is 0.314 e. The van der Waals surface area contributed by atoms with Gasteiger partial charge in [0, 0.05) is 32.3 Å².